The number of unbranched alkanes of at least 4 members (excludes halogenated alkanes) is 1. The maximum absolute atomic E-state index is 14.0. The largest absolute Gasteiger partial charge is 0.354 e. The lowest BCUT2D eigenvalue weighted by molar-refractivity contribution is -0.141. The van der Waals surface area contributed by atoms with E-state index in [-0.39, 0.29) is 37.7 Å². The Morgan fingerprint density at radius 1 is 0.930 bits per heavy atom. The summed E-state index contributed by atoms with van der Waals surface area (Å²) in [5.41, 5.74) is 2.75. The third kappa shape index (κ3) is 10.4. The second-order valence-corrected chi connectivity index (χ2v) is 13.7. The van der Waals surface area contributed by atoms with Crippen LogP contribution in [-0.4, -0.2) is 50.5 Å². The van der Waals surface area contributed by atoms with Gasteiger partial charge in [0.05, 0.1) is 11.9 Å². The van der Waals surface area contributed by atoms with Crippen LogP contribution in [0, 0.1) is 6.92 Å². The van der Waals surface area contributed by atoms with Gasteiger partial charge in [-0.15, -0.1) is 0 Å². The van der Waals surface area contributed by atoms with Crippen LogP contribution in [0.25, 0.3) is 0 Å². The molecule has 0 saturated carbocycles. The van der Waals surface area contributed by atoms with E-state index in [1.54, 1.807) is 48.2 Å². The van der Waals surface area contributed by atoms with E-state index in [9.17, 15) is 18.0 Å². The number of nitrogens with zero attached hydrogens (tertiary/aromatic N) is 2. The number of rotatable bonds is 15. The number of amides is 2. The third-order valence-electron chi connectivity index (χ3n) is 7.05. The van der Waals surface area contributed by atoms with Crippen molar-refractivity contribution in [3.63, 3.8) is 0 Å². The van der Waals surface area contributed by atoms with Crippen LogP contribution in [0.5, 0.6) is 0 Å². The Kier molecular flexibility index (Phi) is 13.2. The van der Waals surface area contributed by atoms with E-state index in [2.05, 4.69) is 5.32 Å². The summed E-state index contributed by atoms with van der Waals surface area (Å²) in [6.07, 6.45) is 3.37. The van der Waals surface area contributed by atoms with Crippen LogP contribution in [0.2, 0.25) is 15.1 Å². The molecule has 1 N–H and O–H groups in total. The van der Waals surface area contributed by atoms with Gasteiger partial charge in [-0.3, -0.25) is 13.9 Å². The van der Waals surface area contributed by atoms with Crippen LogP contribution in [0.15, 0.2) is 66.7 Å². The number of carbonyl (C=O) groups excluding carboxylic acids is 2. The summed E-state index contributed by atoms with van der Waals surface area (Å²) < 4.78 is 26.8. The van der Waals surface area contributed by atoms with Gasteiger partial charge >= 0.3 is 0 Å². The minimum absolute atomic E-state index is 0.00434. The predicted octanol–water partition coefficient (Wildman–Crippen LogP) is 7.06. The van der Waals surface area contributed by atoms with Crippen molar-refractivity contribution in [3.8, 4) is 0 Å². The van der Waals surface area contributed by atoms with E-state index in [4.69, 9.17) is 34.8 Å². The van der Waals surface area contributed by atoms with E-state index >= 15 is 0 Å². The van der Waals surface area contributed by atoms with Crippen LogP contribution in [-0.2, 0) is 32.6 Å². The number of aryl methyl sites for hydroxylation is 1. The molecular formula is C32H38Cl3N3O4S. The van der Waals surface area contributed by atoms with Crippen molar-refractivity contribution in [1.29, 1.82) is 0 Å². The maximum Gasteiger partial charge on any atom is 0.243 e. The molecule has 3 rings (SSSR count). The first-order chi connectivity index (χ1) is 20.4. The van der Waals surface area contributed by atoms with Gasteiger partial charge in [-0.2, -0.15) is 0 Å². The number of nitrogens with one attached hydrogen (secondary N) is 1. The first kappa shape index (κ1) is 34.7. The molecule has 0 unspecified atom stereocenters. The Hall–Kier alpha value is -2.78. The average molecular weight is 667 g/mol. The minimum Gasteiger partial charge on any atom is -0.354 e. The second kappa shape index (κ2) is 16.3. The van der Waals surface area contributed by atoms with Gasteiger partial charge in [0, 0.05) is 47.5 Å². The third-order valence-corrected chi connectivity index (χ3v) is 9.05. The minimum atomic E-state index is -3.66. The number of hydrogen-bond acceptors (Lipinski definition) is 4. The Labute approximate surface area is 270 Å². The zero-order chi connectivity index (χ0) is 31.6. The predicted molar refractivity (Wildman–Crippen MR) is 176 cm³/mol. The highest BCUT2D eigenvalue weighted by Crippen LogP contribution is 2.28. The number of carbonyl (C=O) groups is 2. The van der Waals surface area contributed by atoms with Crippen LogP contribution in [0.1, 0.15) is 49.3 Å². The molecule has 3 aromatic carbocycles. The fraction of sp³-hybridized carbons (Fsp3) is 0.375. The van der Waals surface area contributed by atoms with Crippen LogP contribution in [0.3, 0.4) is 0 Å². The van der Waals surface area contributed by atoms with E-state index in [0.717, 1.165) is 30.2 Å². The van der Waals surface area contributed by atoms with Crippen molar-refractivity contribution in [2.45, 2.75) is 58.5 Å². The second-order valence-electron chi connectivity index (χ2n) is 10.5. The molecule has 0 heterocycles. The summed E-state index contributed by atoms with van der Waals surface area (Å²) in [7, 11) is -3.66. The van der Waals surface area contributed by atoms with Crippen LogP contribution >= 0.6 is 34.8 Å². The highest BCUT2D eigenvalue weighted by Gasteiger charge is 2.31. The molecule has 3 aromatic rings. The van der Waals surface area contributed by atoms with E-state index in [1.807, 2.05) is 37.3 Å². The Balaban J connectivity index is 1.92. The Morgan fingerprint density at radius 2 is 1.60 bits per heavy atom. The number of sulfonamides is 1. The SMILES string of the molecule is CCCCNC(=O)[C@@H](Cc1ccccc1)N(Cc1ccc(Cl)cc1Cl)C(=O)CCCN(c1cc(Cl)ccc1C)S(C)(=O)=O. The van der Waals surface area contributed by atoms with Crippen molar-refractivity contribution >= 4 is 62.3 Å². The molecule has 0 fully saturated rings. The van der Waals surface area contributed by atoms with Gasteiger partial charge in [0.1, 0.15) is 6.04 Å². The van der Waals surface area contributed by atoms with Crippen LogP contribution in [0.4, 0.5) is 5.69 Å². The summed E-state index contributed by atoms with van der Waals surface area (Å²) in [5.74, 6) is -0.558. The van der Waals surface area contributed by atoms with Crippen LogP contribution < -0.4 is 9.62 Å². The molecule has 0 spiro atoms. The van der Waals surface area contributed by atoms with Gasteiger partial charge in [0.15, 0.2) is 0 Å². The highest BCUT2D eigenvalue weighted by molar-refractivity contribution is 7.92. The topological polar surface area (TPSA) is 86.8 Å². The zero-order valence-corrected chi connectivity index (χ0v) is 27.7. The molecule has 0 radical (unpaired) electrons. The van der Waals surface area contributed by atoms with Gasteiger partial charge in [-0.05, 0) is 60.7 Å². The molecule has 0 aliphatic carbocycles. The lowest BCUT2D eigenvalue weighted by Gasteiger charge is -2.32. The monoisotopic (exact) mass is 665 g/mol. The molecule has 232 valence electrons. The van der Waals surface area contributed by atoms with Crippen molar-refractivity contribution in [2.75, 3.05) is 23.7 Å². The average Bonchev–Trinajstić information content (AvgIpc) is 2.95. The number of hydrogen-bond donors (Lipinski definition) is 1. The summed E-state index contributed by atoms with van der Waals surface area (Å²) in [4.78, 5) is 29.1. The molecule has 1 atom stereocenters. The number of halogens is 3. The van der Waals surface area contributed by atoms with E-state index in [0.29, 0.717) is 39.3 Å². The summed E-state index contributed by atoms with van der Waals surface area (Å²) in [5, 5.41) is 4.24. The fourth-order valence-corrected chi connectivity index (χ4v) is 6.38. The smallest absolute Gasteiger partial charge is 0.243 e. The van der Waals surface area contributed by atoms with Gasteiger partial charge in [-0.25, -0.2) is 8.42 Å². The van der Waals surface area contributed by atoms with Crippen molar-refractivity contribution in [1.82, 2.24) is 10.2 Å². The van der Waals surface area contributed by atoms with E-state index in [1.165, 1.54) is 4.31 Å². The van der Waals surface area contributed by atoms with Crippen molar-refractivity contribution in [3.05, 3.63) is 98.5 Å². The molecule has 0 aliphatic heterocycles. The van der Waals surface area contributed by atoms with Gasteiger partial charge in [0.25, 0.3) is 0 Å². The Bertz CT molecular complexity index is 1500. The van der Waals surface area contributed by atoms with Gasteiger partial charge < -0.3 is 10.2 Å². The van der Waals surface area contributed by atoms with Gasteiger partial charge in [-0.1, -0.05) is 90.6 Å². The summed E-state index contributed by atoms with van der Waals surface area (Å²) in [6.45, 7) is 4.48. The fourth-order valence-electron chi connectivity index (χ4n) is 4.73. The molecular weight excluding hydrogens is 629 g/mol. The Morgan fingerprint density at radius 3 is 2.26 bits per heavy atom. The highest BCUT2D eigenvalue weighted by atomic mass is 35.5. The number of anilines is 1. The normalized spacial score (nSPS) is 12.0. The molecule has 7 nitrogen and oxygen atoms in total. The molecule has 43 heavy (non-hydrogen) atoms. The first-order valence-corrected chi connectivity index (χ1v) is 17.2. The molecule has 0 aromatic heterocycles. The molecule has 0 aliphatic rings. The molecule has 0 bridgehead atoms. The lowest BCUT2D eigenvalue weighted by Crippen LogP contribution is -2.50. The van der Waals surface area contributed by atoms with Crippen molar-refractivity contribution in [2.24, 2.45) is 0 Å². The molecule has 0 saturated heterocycles. The first-order valence-electron chi connectivity index (χ1n) is 14.2. The molecule has 2 amide bonds. The summed E-state index contributed by atoms with van der Waals surface area (Å²) >= 11 is 18.8. The van der Waals surface area contributed by atoms with Gasteiger partial charge in [0.2, 0.25) is 21.8 Å². The lowest BCUT2D eigenvalue weighted by atomic mass is 10.0. The quantitative estimate of drug-likeness (QED) is 0.176. The van der Waals surface area contributed by atoms with E-state index < -0.39 is 16.1 Å². The zero-order valence-electron chi connectivity index (χ0n) is 24.7. The number of benzene rings is 3. The van der Waals surface area contributed by atoms with Crippen molar-refractivity contribution < 1.29 is 18.0 Å². The molecule has 11 heteroatoms. The summed E-state index contributed by atoms with van der Waals surface area (Å²) in [6, 6.07) is 18.8. The maximum atomic E-state index is 14.0. The standard InChI is InChI=1S/C32H38Cl3N3O4S/c1-4-5-17-36-32(40)30(19-24-10-7-6-8-11-24)37(22-25-14-16-26(33)20-28(25)35)31(39)12-9-18-38(43(3,41)42)29-21-27(34)15-13-23(29)2/h6-8,10-11,13-16,20-21,30H,4-5,9,12,17-19,22H2,1-3H3,(H,36,40)/t30-/m1/s1.